The Bertz CT molecular complexity index is 295. The summed E-state index contributed by atoms with van der Waals surface area (Å²) in [6.45, 7) is 0. The van der Waals surface area contributed by atoms with Gasteiger partial charge < -0.3 is 5.32 Å². The van der Waals surface area contributed by atoms with Gasteiger partial charge in [-0.15, -0.1) is 0 Å². The lowest BCUT2D eigenvalue weighted by molar-refractivity contribution is 0.462. The topological polar surface area (TPSA) is 24.9 Å². The molecule has 0 bridgehead atoms. The number of rotatable bonds is 2. The standard InChI is InChI=1S/C11H15BrN2/c12-10-8-13-7-6-11(10)14-9-4-2-1-3-5-9/h6-9H,1-5H2,(H,13,14). The third-order valence-corrected chi connectivity index (χ3v) is 3.37. The maximum absolute atomic E-state index is 4.05. The largest absolute Gasteiger partial charge is 0.381 e. The van der Waals surface area contributed by atoms with Crippen LogP contribution in [0.1, 0.15) is 32.1 Å². The summed E-state index contributed by atoms with van der Waals surface area (Å²) in [5.74, 6) is 0. The molecule has 0 aromatic carbocycles. The van der Waals surface area contributed by atoms with Crippen molar-refractivity contribution in [3.05, 3.63) is 22.9 Å². The number of hydrogen-bond donors (Lipinski definition) is 1. The fourth-order valence-corrected chi connectivity index (χ4v) is 2.32. The Morgan fingerprint density at radius 2 is 2.07 bits per heavy atom. The molecule has 0 spiro atoms. The lowest BCUT2D eigenvalue weighted by atomic mass is 9.95. The summed E-state index contributed by atoms with van der Waals surface area (Å²) >= 11 is 3.50. The molecule has 1 fully saturated rings. The lowest BCUT2D eigenvalue weighted by Gasteiger charge is -2.24. The fraction of sp³-hybridized carbons (Fsp3) is 0.545. The smallest absolute Gasteiger partial charge is 0.0590 e. The first-order valence-corrected chi connectivity index (χ1v) is 6.01. The van der Waals surface area contributed by atoms with Gasteiger partial charge in [-0.1, -0.05) is 19.3 Å². The number of pyridine rings is 1. The van der Waals surface area contributed by atoms with Gasteiger partial charge >= 0.3 is 0 Å². The molecule has 1 N–H and O–H groups in total. The molecule has 0 aliphatic heterocycles. The highest BCUT2D eigenvalue weighted by Crippen LogP contribution is 2.25. The van der Waals surface area contributed by atoms with Crippen LogP contribution in [0.4, 0.5) is 5.69 Å². The maximum atomic E-state index is 4.05. The van der Waals surface area contributed by atoms with Gasteiger partial charge in [-0.2, -0.15) is 0 Å². The van der Waals surface area contributed by atoms with E-state index in [0.717, 1.165) is 4.47 Å². The van der Waals surface area contributed by atoms with E-state index in [1.807, 2.05) is 18.5 Å². The Morgan fingerprint density at radius 1 is 1.29 bits per heavy atom. The zero-order valence-corrected chi connectivity index (χ0v) is 9.76. The summed E-state index contributed by atoms with van der Waals surface area (Å²) in [6.07, 6.45) is 10.4. The number of anilines is 1. The van der Waals surface area contributed by atoms with Crippen LogP contribution in [0.15, 0.2) is 22.9 Å². The number of nitrogens with zero attached hydrogens (tertiary/aromatic N) is 1. The highest BCUT2D eigenvalue weighted by Gasteiger charge is 2.13. The number of aromatic nitrogens is 1. The fourth-order valence-electron chi connectivity index (χ4n) is 1.96. The zero-order valence-electron chi connectivity index (χ0n) is 8.17. The number of halogens is 1. The van der Waals surface area contributed by atoms with Crippen molar-refractivity contribution >= 4 is 21.6 Å². The van der Waals surface area contributed by atoms with Crippen LogP contribution in [-0.2, 0) is 0 Å². The van der Waals surface area contributed by atoms with E-state index in [0.29, 0.717) is 6.04 Å². The summed E-state index contributed by atoms with van der Waals surface area (Å²) in [5, 5.41) is 3.56. The second kappa shape index (κ2) is 4.78. The van der Waals surface area contributed by atoms with Crippen LogP contribution in [0, 0.1) is 0 Å². The van der Waals surface area contributed by atoms with Gasteiger partial charge in [-0.25, -0.2) is 0 Å². The summed E-state index contributed by atoms with van der Waals surface area (Å²) in [4.78, 5) is 4.05. The SMILES string of the molecule is Brc1cnccc1NC1CCCCC1. The van der Waals surface area contributed by atoms with Crippen LogP contribution in [0.25, 0.3) is 0 Å². The first kappa shape index (κ1) is 9.97. The van der Waals surface area contributed by atoms with Gasteiger partial charge in [0, 0.05) is 18.4 Å². The summed E-state index contributed by atoms with van der Waals surface area (Å²) in [7, 11) is 0. The van der Waals surface area contributed by atoms with Crippen molar-refractivity contribution in [1.82, 2.24) is 4.98 Å². The molecule has 76 valence electrons. The predicted molar refractivity (Wildman–Crippen MR) is 62.4 cm³/mol. The quantitative estimate of drug-likeness (QED) is 0.873. The van der Waals surface area contributed by atoms with Crippen LogP contribution in [-0.4, -0.2) is 11.0 Å². The highest BCUT2D eigenvalue weighted by molar-refractivity contribution is 9.10. The molecule has 1 aromatic rings. The van der Waals surface area contributed by atoms with Gasteiger partial charge in [0.1, 0.15) is 0 Å². The Labute approximate surface area is 93.3 Å². The van der Waals surface area contributed by atoms with Crippen LogP contribution < -0.4 is 5.32 Å². The second-order valence-corrected chi connectivity index (χ2v) is 4.69. The molecular formula is C11H15BrN2. The average Bonchev–Trinajstić information content (AvgIpc) is 2.23. The molecule has 0 saturated heterocycles. The molecule has 1 saturated carbocycles. The second-order valence-electron chi connectivity index (χ2n) is 3.83. The Kier molecular flexibility index (Phi) is 3.40. The van der Waals surface area contributed by atoms with Gasteiger partial charge in [0.05, 0.1) is 10.2 Å². The van der Waals surface area contributed by atoms with Gasteiger partial charge in [0.25, 0.3) is 0 Å². The van der Waals surface area contributed by atoms with Gasteiger partial charge in [-0.3, -0.25) is 4.98 Å². The zero-order chi connectivity index (χ0) is 9.80. The minimum atomic E-state index is 0.655. The molecule has 0 radical (unpaired) electrons. The molecule has 0 atom stereocenters. The molecule has 2 rings (SSSR count). The van der Waals surface area contributed by atoms with E-state index in [9.17, 15) is 0 Å². The molecule has 14 heavy (non-hydrogen) atoms. The van der Waals surface area contributed by atoms with Gasteiger partial charge in [0.15, 0.2) is 0 Å². The first-order valence-electron chi connectivity index (χ1n) is 5.22. The van der Waals surface area contributed by atoms with E-state index in [-0.39, 0.29) is 0 Å². The van der Waals surface area contributed by atoms with Crippen molar-refractivity contribution in [2.45, 2.75) is 38.1 Å². The van der Waals surface area contributed by atoms with Crippen LogP contribution in [0.2, 0.25) is 0 Å². The minimum absolute atomic E-state index is 0.655. The third kappa shape index (κ3) is 2.47. The molecule has 0 unspecified atom stereocenters. The van der Waals surface area contributed by atoms with E-state index in [4.69, 9.17) is 0 Å². The molecule has 1 heterocycles. The summed E-state index contributed by atoms with van der Waals surface area (Å²) in [5.41, 5.74) is 1.17. The van der Waals surface area contributed by atoms with Crippen molar-refractivity contribution in [1.29, 1.82) is 0 Å². The molecule has 1 aliphatic carbocycles. The highest BCUT2D eigenvalue weighted by atomic mass is 79.9. The molecule has 3 heteroatoms. The molecular weight excluding hydrogens is 240 g/mol. The molecule has 1 aromatic heterocycles. The predicted octanol–water partition coefficient (Wildman–Crippen LogP) is 3.59. The third-order valence-electron chi connectivity index (χ3n) is 2.74. The monoisotopic (exact) mass is 254 g/mol. The van der Waals surface area contributed by atoms with E-state index in [2.05, 4.69) is 26.2 Å². The van der Waals surface area contributed by atoms with Crippen molar-refractivity contribution < 1.29 is 0 Å². The van der Waals surface area contributed by atoms with Crippen molar-refractivity contribution in [3.63, 3.8) is 0 Å². The molecule has 0 amide bonds. The van der Waals surface area contributed by atoms with E-state index >= 15 is 0 Å². The van der Waals surface area contributed by atoms with Crippen LogP contribution in [0.5, 0.6) is 0 Å². The van der Waals surface area contributed by atoms with Gasteiger partial charge in [0.2, 0.25) is 0 Å². The van der Waals surface area contributed by atoms with E-state index in [1.165, 1.54) is 37.8 Å². The van der Waals surface area contributed by atoms with Crippen molar-refractivity contribution in [3.8, 4) is 0 Å². The number of nitrogens with one attached hydrogen (secondary N) is 1. The molecule has 2 nitrogen and oxygen atoms in total. The summed E-state index contributed by atoms with van der Waals surface area (Å²) < 4.78 is 1.06. The normalized spacial score (nSPS) is 18.1. The van der Waals surface area contributed by atoms with Crippen LogP contribution in [0.3, 0.4) is 0 Å². The summed E-state index contributed by atoms with van der Waals surface area (Å²) in [6, 6.07) is 2.68. The first-order chi connectivity index (χ1) is 6.86. The average molecular weight is 255 g/mol. The Hall–Kier alpha value is -0.570. The Balaban J connectivity index is 1.99. The number of hydrogen-bond acceptors (Lipinski definition) is 2. The minimum Gasteiger partial charge on any atom is -0.381 e. The van der Waals surface area contributed by atoms with Crippen molar-refractivity contribution in [2.24, 2.45) is 0 Å². The maximum Gasteiger partial charge on any atom is 0.0590 e. The van der Waals surface area contributed by atoms with E-state index in [1.54, 1.807) is 0 Å². The van der Waals surface area contributed by atoms with E-state index < -0.39 is 0 Å². The van der Waals surface area contributed by atoms with Crippen molar-refractivity contribution in [2.75, 3.05) is 5.32 Å². The lowest BCUT2D eigenvalue weighted by Crippen LogP contribution is -2.22. The van der Waals surface area contributed by atoms with Gasteiger partial charge in [-0.05, 0) is 34.8 Å². The molecule has 1 aliphatic rings. The van der Waals surface area contributed by atoms with Crippen LogP contribution >= 0.6 is 15.9 Å². The Morgan fingerprint density at radius 3 is 2.79 bits per heavy atom.